The molecule has 0 aromatic heterocycles. The summed E-state index contributed by atoms with van der Waals surface area (Å²) < 4.78 is 4.94. The number of hydrazone groups is 1. The zero-order valence-electron chi connectivity index (χ0n) is 11.2. The van der Waals surface area contributed by atoms with Gasteiger partial charge in [-0.25, -0.2) is 5.43 Å². The molecule has 0 saturated carbocycles. The third-order valence-electron chi connectivity index (χ3n) is 2.69. The molecule has 0 bridgehead atoms. The van der Waals surface area contributed by atoms with Crippen LogP contribution in [-0.4, -0.2) is 24.3 Å². The van der Waals surface area contributed by atoms with Crippen molar-refractivity contribution in [3.05, 3.63) is 58.6 Å². The van der Waals surface area contributed by atoms with E-state index in [1.54, 1.807) is 36.4 Å². The minimum absolute atomic E-state index is 0.00507. The molecule has 2 N–H and O–H groups in total. The maximum absolute atomic E-state index is 11.8. The van der Waals surface area contributed by atoms with E-state index < -0.39 is 0 Å². The van der Waals surface area contributed by atoms with Gasteiger partial charge in [0.05, 0.1) is 13.3 Å². The van der Waals surface area contributed by atoms with Gasteiger partial charge in [-0.2, -0.15) is 5.10 Å². The lowest BCUT2D eigenvalue weighted by Gasteiger charge is -2.03. The number of amides is 1. The van der Waals surface area contributed by atoms with E-state index in [1.165, 1.54) is 19.4 Å². The number of aromatic hydroxyl groups is 1. The van der Waals surface area contributed by atoms with Crippen molar-refractivity contribution in [3.8, 4) is 11.5 Å². The summed E-state index contributed by atoms with van der Waals surface area (Å²) in [5, 5.41) is 14.0. The zero-order valence-corrected chi connectivity index (χ0v) is 12.0. The van der Waals surface area contributed by atoms with Crippen LogP contribution in [0.1, 0.15) is 15.9 Å². The average Bonchev–Trinajstić information content (AvgIpc) is 2.48. The van der Waals surface area contributed by atoms with Gasteiger partial charge in [-0.05, 0) is 48.0 Å². The van der Waals surface area contributed by atoms with E-state index in [0.717, 1.165) is 0 Å². The molecule has 2 aromatic carbocycles. The van der Waals surface area contributed by atoms with E-state index in [2.05, 4.69) is 10.5 Å². The highest BCUT2D eigenvalue weighted by Crippen LogP contribution is 2.25. The molecule has 5 nitrogen and oxygen atoms in total. The molecule has 0 saturated heterocycles. The number of methoxy groups -OCH3 is 1. The van der Waals surface area contributed by atoms with Crippen molar-refractivity contribution < 1.29 is 14.6 Å². The van der Waals surface area contributed by atoms with E-state index in [4.69, 9.17) is 16.3 Å². The molecule has 2 aromatic rings. The SMILES string of the molecule is COc1ccc(C=NNC(=O)c2ccc(Cl)cc2)cc1O. The monoisotopic (exact) mass is 304 g/mol. The molecule has 0 radical (unpaired) electrons. The summed E-state index contributed by atoms with van der Waals surface area (Å²) in [6.07, 6.45) is 1.42. The van der Waals surface area contributed by atoms with Crippen LogP contribution in [0.25, 0.3) is 0 Å². The third kappa shape index (κ3) is 3.97. The van der Waals surface area contributed by atoms with Gasteiger partial charge in [0.2, 0.25) is 0 Å². The first-order chi connectivity index (χ1) is 10.1. The Morgan fingerprint density at radius 1 is 1.29 bits per heavy atom. The van der Waals surface area contributed by atoms with Crippen LogP contribution in [0.2, 0.25) is 5.02 Å². The maximum atomic E-state index is 11.8. The summed E-state index contributed by atoms with van der Waals surface area (Å²) in [7, 11) is 1.47. The fourth-order valence-electron chi connectivity index (χ4n) is 1.62. The van der Waals surface area contributed by atoms with Gasteiger partial charge in [0.15, 0.2) is 11.5 Å². The van der Waals surface area contributed by atoms with Crippen LogP contribution in [0.15, 0.2) is 47.6 Å². The Hall–Kier alpha value is -2.53. The molecule has 1 amide bonds. The van der Waals surface area contributed by atoms with E-state index in [1.807, 2.05) is 0 Å². The molecule has 108 valence electrons. The second kappa shape index (κ2) is 6.76. The van der Waals surface area contributed by atoms with E-state index >= 15 is 0 Å². The number of halogens is 1. The number of carbonyl (C=O) groups excluding carboxylic acids is 1. The molecule has 0 aliphatic rings. The van der Waals surface area contributed by atoms with Gasteiger partial charge in [0.25, 0.3) is 5.91 Å². The average molecular weight is 305 g/mol. The zero-order chi connectivity index (χ0) is 15.2. The summed E-state index contributed by atoms with van der Waals surface area (Å²) >= 11 is 5.75. The number of nitrogens with one attached hydrogen (secondary N) is 1. The molecular formula is C15H13ClN2O3. The Balaban J connectivity index is 2.00. The van der Waals surface area contributed by atoms with Gasteiger partial charge in [-0.3, -0.25) is 4.79 Å². The highest BCUT2D eigenvalue weighted by molar-refractivity contribution is 6.30. The lowest BCUT2D eigenvalue weighted by Crippen LogP contribution is -2.17. The lowest BCUT2D eigenvalue weighted by molar-refractivity contribution is 0.0955. The fourth-order valence-corrected chi connectivity index (χ4v) is 1.74. The summed E-state index contributed by atoms with van der Waals surface area (Å²) in [4.78, 5) is 11.8. The van der Waals surface area contributed by atoms with Crippen LogP contribution in [0.3, 0.4) is 0 Å². The number of benzene rings is 2. The molecular weight excluding hydrogens is 292 g/mol. The number of ether oxygens (including phenoxy) is 1. The number of phenolic OH excluding ortho intramolecular Hbond substituents is 1. The van der Waals surface area contributed by atoms with Crippen LogP contribution in [0.4, 0.5) is 0 Å². The van der Waals surface area contributed by atoms with Crippen LogP contribution >= 0.6 is 11.6 Å². The summed E-state index contributed by atoms with van der Waals surface area (Å²) in [5.41, 5.74) is 3.47. The van der Waals surface area contributed by atoms with Crippen molar-refractivity contribution >= 4 is 23.7 Å². The van der Waals surface area contributed by atoms with Gasteiger partial charge in [-0.1, -0.05) is 11.6 Å². The first-order valence-corrected chi connectivity index (χ1v) is 6.44. The number of hydrogen-bond donors (Lipinski definition) is 2. The van der Waals surface area contributed by atoms with Gasteiger partial charge in [0.1, 0.15) is 0 Å². The number of nitrogens with zero attached hydrogens (tertiary/aromatic N) is 1. The van der Waals surface area contributed by atoms with E-state index in [-0.39, 0.29) is 11.7 Å². The fraction of sp³-hybridized carbons (Fsp3) is 0.0667. The van der Waals surface area contributed by atoms with Crippen LogP contribution in [0, 0.1) is 0 Å². The minimum atomic E-state index is -0.347. The van der Waals surface area contributed by atoms with Crippen molar-refractivity contribution in [1.29, 1.82) is 0 Å². The molecule has 21 heavy (non-hydrogen) atoms. The van der Waals surface area contributed by atoms with Crippen molar-refractivity contribution in [3.63, 3.8) is 0 Å². The smallest absolute Gasteiger partial charge is 0.271 e. The van der Waals surface area contributed by atoms with E-state index in [9.17, 15) is 9.90 Å². The predicted octanol–water partition coefficient (Wildman–Crippen LogP) is 2.82. The first-order valence-electron chi connectivity index (χ1n) is 6.06. The molecule has 0 fully saturated rings. The Kier molecular flexibility index (Phi) is 4.79. The minimum Gasteiger partial charge on any atom is -0.504 e. The molecule has 0 spiro atoms. The van der Waals surface area contributed by atoms with Gasteiger partial charge >= 0.3 is 0 Å². The molecule has 6 heteroatoms. The number of rotatable bonds is 4. The van der Waals surface area contributed by atoms with Crippen LogP contribution in [-0.2, 0) is 0 Å². The quantitative estimate of drug-likeness (QED) is 0.674. The molecule has 0 aliphatic carbocycles. The second-order valence-electron chi connectivity index (χ2n) is 4.14. The van der Waals surface area contributed by atoms with E-state index in [0.29, 0.717) is 21.9 Å². The number of carbonyl (C=O) groups is 1. The highest BCUT2D eigenvalue weighted by atomic mass is 35.5. The Morgan fingerprint density at radius 3 is 2.62 bits per heavy atom. The van der Waals surface area contributed by atoms with Gasteiger partial charge < -0.3 is 9.84 Å². The Morgan fingerprint density at radius 2 is 2.00 bits per heavy atom. The molecule has 2 rings (SSSR count). The Labute approximate surface area is 126 Å². The number of phenols is 1. The molecule has 0 heterocycles. The van der Waals surface area contributed by atoms with Crippen LogP contribution in [0.5, 0.6) is 11.5 Å². The molecule has 0 unspecified atom stereocenters. The second-order valence-corrected chi connectivity index (χ2v) is 4.57. The van der Waals surface area contributed by atoms with Crippen molar-refractivity contribution in [2.45, 2.75) is 0 Å². The summed E-state index contributed by atoms with van der Waals surface area (Å²) in [6, 6.07) is 11.3. The first kappa shape index (κ1) is 14.9. The van der Waals surface area contributed by atoms with Crippen molar-refractivity contribution in [1.82, 2.24) is 5.43 Å². The Bertz CT molecular complexity index is 669. The van der Waals surface area contributed by atoms with Crippen molar-refractivity contribution in [2.24, 2.45) is 5.10 Å². The topological polar surface area (TPSA) is 70.9 Å². The summed E-state index contributed by atoms with van der Waals surface area (Å²) in [6.45, 7) is 0. The lowest BCUT2D eigenvalue weighted by atomic mass is 10.2. The largest absolute Gasteiger partial charge is 0.504 e. The normalized spacial score (nSPS) is 10.6. The predicted molar refractivity (Wildman–Crippen MR) is 81.2 cm³/mol. The number of hydrogen-bond acceptors (Lipinski definition) is 4. The van der Waals surface area contributed by atoms with Gasteiger partial charge in [0, 0.05) is 10.6 Å². The third-order valence-corrected chi connectivity index (χ3v) is 2.94. The standard InChI is InChI=1S/C15H13ClN2O3/c1-21-14-7-2-10(8-13(14)19)9-17-18-15(20)11-3-5-12(16)6-4-11/h2-9,19H,1H3,(H,18,20). The maximum Gasteiger partial charge on any atom is 0.271 e. The van der Waals surface area contributed by atoms with Crippen LogP contribution < -0.4 is 10.2 Å². The highest BCUT2D eigenvalue weighted by Gasteiger charge is 2.04. The molecule has 0 aliphatic heterocycles. The van der Waals surface area contributed by atoms with Crippen molar-refractivity contribution in [2.75, 3.05) is 7.11 Å². The molecule has 0 atom stereocenters. The van der Waals surface area contributed by atoms with Gasteiger partial charge in [-0.15, -0.1) is 0 Å². The summed E-state index contributed by atoms with van der Waals surface area (Å²) in [5.74, 6) is 0.0310.